The van der Waals surface area contributed by atoms with Crippen molar-refractivity contribution >= 4 is 70.0 Å². The van der Waals surface area contributed by atoms with Crippen LogP contribution in [0.3, 0.4) is 0 Å². The minimum Gasteiger partial charge on any atom is -0.494 e. The number of aliphatic hydroxyl groups is 1. The van der Waals surface area contributed by atoms with Crippen LogP contribution >= 0.6 is 46.4 Å². The number of primary amides is 1. The number of nitrogens with two attached hydrogens (primary N) is 1. The van der Waals surface area contributed by atoms with Gasteiger partial charge in [-0.1, -0.05) is 12.8 Å². The number of aryl methyl sites for hydroxylation is 3. The zero-order valence-electron chi connectivity index (χ0n) is 53.4. The summed E-state index contributed by atoms with van der Waals surface area (Å²) in [5, 5.41) is 7.94. The highest BCUT2D eigenvalue weighted by atomic mass is 35.5. The average Bonchev–Trinajstić information content (AvgIpc) is 1.73. The number of methoxy groups -OCH3 is 2. The number of likely N-dealkylation sites (tertiary alicyclic amines) is 2. The lowest BCUT2D eigenvalue weighted by Gasteiger charge is -2.26. The van der Waals surface area contributed by atoms with Gasteiger partial charge in [-0.05, 0) is 202 Å². The number of aliphatic hydroxyl groups excluding tert-OH is 1. The third-order valence-electron chi connectivity index (χ3n) is 14.1. The van der Waals surface area contributed by atoms with Gasteiger partial charge in [0.2, 0.25) is 29.3 Å². The molecule has 2 fully saturated rings. The van der Waals surface area contributed by atoms with E-state index in [9.17, 15) is 19.2 Å². The number of halogens is 4. The van der Waals surface area contributed by atoms with Crippen molar-refractivity contribution < 1.29 is 66.0 Å². The van der Waals surface area contributed by atoms with E-state index in [2.05, 4.69) is 46.4 Å². The summed E-state index contributed by atoms with van der Waals surface area (Å²) in [7, 11) is 2.48. The third kappa shape index (κ3) is 26.4. The molecule has 0 bridgehead atoms. The monoisotopic (exact) mass is 1350 g/mol. The predicted octanol–water partition coefficient (Wildman–Crippen LogP) is 13.6. The van der Waals surface area contributed by atoms with Crippen molar-refractivity contribution in [1.82, 2.24) is 24.8 Å². The number of hydrogen-bond acceptors (Lipinski definition) is 19. The van der Waals surface area contributed by atoms with Crippen LogP contribution in [0.5, 0.6) is 23.0 Å². The number of hydrogen-bond donors (Lipinski definition) is 2. The van der Waals surface area contributed by atoms with E-state index in [4.69, 9.17) is 89.4 Å². The molecule has 1 amide bonds. The predicted molar refractivity (Wildman–Crippen MR) is 357 cm³/mol. The number of esters is 2. The summed E-state index contributed by atoms with van der Waals surface area (Å²) in [6, 6.07) is 29.6. The summed E-state index contributed by atoms with van der Waals surface area (Å²) in [4.78, 5) is 61.1. The first-order valence-corrected chi connectivity index (χ1v) is 32.7. The minimum absolute atomic E-state index is 0.120. The molecule has 20 nitrogen and oxygen atoms in total. The number of nitrogens with zero attached hydrogens (tertiary/aromatic N) is 5. The summed E-state index contributed by atoms with van der Waals surface area (Å²) in [5.41, 5.74) is 10.4. The number of Topliss-reactive ketones (excluding diaryl/α,β-unsaturated/α-hetero) is 1. The number of oxazole rings is 3. The Bertz CT molecular complexity index is 3260. The second kappa shape index (κ2) is 42.1. The maximum atomic E-state index is 11.5. The molecule has 2 saturated heterocycles. The Labute approximate surface area is 559 Å². The first kappa shape index (κ1) is 75.5. The molecule has 24 heteroatoms. The number of piperidine rings is 2. The van der Waals surface area contributed by atoms with Crippen molar-refractivity contribution in [2.75, 3.05) is 91.0 Å². The van der Waals surface area contributed by atoms with E-state index < -0.39 is 29.0 Å². The highest BCUT2D eigenvalue weighted by Gasteiger charge is 2.22. The van der Waals surface area contributed by atoms with E-state index in [1.807, 2.05) is 74.5 Å². The number of ketones is 1. The first-order valence-electron chi connectivity index (χ1n) is 30.7. The maximum absolute atomic E-state index is 11.5. The quantitative estimate of drug-likeness (QED) is 0.0210. The standard InChI is InChI=1S/C24H35N3O2.C15H16ClNO4.C14H16ClNO3.C10H12ClNO2.C5H7ClO3/c1-20-23(19-27-15-6-3-7-16-27)29-24(25-20)21-9-11-22(12-10-21)28-18-8-17-26-13-4-2-5-14-26;1-10-13(15(18)19-2)21-14(17-10)11-4-6-12(7-5-11)20-9-3-8-16;1-10-13(9-17)19-14(16-10)11-3-5-12(6-4-11)18-8-2-7-15;11-6-1-7-14-9-4-2-8(3-5-9)10(12)13;1-3(7)4(6)5(8)9-2/h9-12H,2-8,13-19H2,1H3;4-7H,3,8-9H2,1-2H3;3-6,17H,2,7-9H2,1H3;2-5H,1,6-7H2,(H2,12,13);4H,1-2H3. The van der Waals surface area contributed by atoms with Crippen molar-refractivity contribution in [3.05, 3.63) is 137 Å². The molecule has 2 aliphatic heterocycles. The number of carbonyl (C=O) groups excluding carboxylic acids is 4. The molecule has 7 aromatic rings. The van der Waals surface area contributed by atoms with Crippen LogP contribution in [0.25, 0.3) is 34.4 Å². The van der Waals surface area contributed by atoms with E-state index in [0.717, 1.165) is 96.5 Å². The molecule has 500 valence electrons. The van der Waals surface area contributed by atoms with Gasteiger partial charge in [0.25, 0.3) is 0 Å². The SMILES string of the molecule is COC(=O)C(Cl)C(C)=O.COC(=O)c1oc(-c2ccc(OCCCCl)cc2)nc1C.Cc1nc(-c2ccc(OCCCCl)cc2)oc1CO.Cc1nc(-c2ccc(OCCCN3CCCCC3)cc2)oc1CN1CCCCC1.NC(=O)c1ccc(OCCCCl)cc1. The molecule has 0 aliphatic carbocycles. The first-order chi connectivity index (χ1) is 44.5. The smallest absolute Gasteiger partial charge is 0.375 e. The van der Waals surface area contributed by atoms with Gasteiger partial charge in [0.1, 0.15) is 35.4 Å². The molecular formula is C68H86Cl4N6O14. The summed E-state index contributed by atoms with van der Waals surface area (Å²) >= 11 is 21.9. The number of rotatable bonds is 27. The van der Waals surface area contributed by atoms with Crippen molar-refractivity contribution in [1.29, 1.82) is 0 Å². The molecular weight excluding hydrogens is 1270 g/mol. The summed E-state index contributed by atoms with van der Waals surface area (Å²) in [5.74, 6) is 6.08. The molecule has 1 unspecified atom stereocenters. The second-order valence-corrected chi connectivity index (χ2v) is 22.8. The Morgan fingerprint density at radius 2 is 0.913 bits per heavy atom. The van der Waals surface area contributed by atoms with Crippen LogP contribution < -0.4 is 24.7 Å². The largest absolute Gasteiger partial charge is 0.494 e. The molecule has 9 rings (SSSR count). The number of aromatic nitrogens is 3. The molecule has 0 radical (unpaired) electrons. The van der Waals surface area contributed by atoms with Gasteiger partial charge in [-0.15, -0.1) is 46.4 Å². The fraction of sp³-hybridized carbons (Fsp3) is 0.456. The third-order valence-corrected chi connectivity index (χ3v) is 15.4. The lowest BCUT2D eigenvalue weighted by molar-refractivity contribution is -0.142. The van der Waals surface area contributed by atoms with E-state index in [1.54, 1.807) is 31.2 Å². The lowest BCUT2D eigenvalue weighted by Crippen LogP contribution is -2.31. The Morgan fingerprint density at radius 1 is 0.533 bits per heavy atom. The molecule has 92 heavy (non-hydrogen) atoms. The van der Waals surface area contributed by atoms with Crippen LogP contribution in [0, 0.1) is 20.8 Å². The Hall–Kier alpha value is -7.17. The van der Waals surface area contributed by atoms with Gasteiger partial charge in [0.15, 0.2) is 16.9 Å². The van der Waals surface area contributed by atoms with Crippen molar-refractivity contribution in [3.63, 3.8) is 0 Å². The minimum atomic E-state index is -1.14. The summed E-state index contributed by atoms with van der Waals surface area (Å²) in [6.07, 6.45) is 11.5. The van der Waals surface area contributed by atoms with E-state index in [-0.39, 0.29) is 12.4 Å². The van der Waals surface area contributed by atoms with Crippen LogP contribution in [0.2, 0.25) is 0 Å². The van der Waals surface area contributed by atoms with E-state index in [0.29, 0.717) is 77.8 Å². The average molecular weight is 1350 g/mol. The fourth-order valence-corrected chi connectivity index (χ4v) is 9.40. The molecule has 3 N–H and O–H groups in total. The zero-order chi connectivity index (χ0) is 66.6. The Balaban J connectivity index is 0.000000219. The molecule has 2 aliphatic rings. The van der Waals surface area contributed by atoms with Gasteiger partial charge in [-0.3, -0.25) is 14.5 Å². The number of carbonyl (C=O) groups is 4. The van der Waals surface area contributed by atoms with Crippen LogP contribution in [-0.4, -0.2) is 150 Å². The maximum Gasteiger partial charge on any atom is 0.375 e. The number of ether oxygens (including phenoxy) is 6. The molecule has 3 aromatic heterocycles. The lowest BCUT2D eigenvalue weighted by atomic mass is 10.1. The zero-order valence-corrected chi connectivity index (χ0v) is 56.4. The van der Waals surface area contributed by atoms with E-state index in [1.165, 1.54) is 85.8 Å². The molecule has 0 spiro atoms. The molecule has 4 aromatic carbocycles. The Morgan fingerprint density at radius 3 is 1.28 bits per heavy atom. The van der Waals surface area contributed by atoms with E-state index >= 15 is 0 Å². The summed E-state index contributed by atoms with van der Waals surface area (Å²) in [6.45, 7) is 16.0. The molecule has 5 heterocycles. The van der Waals surface area contributed by atoms with Crippen LogP contribution in [0.15, 0.2) is 110 Å². The number of alkyl halides is 4. The van der Waals surface area contributed by atoms with Crippen molar-refractivity contribution in [2.45, 2.75) is 110 Å². The van der Waals surface area contributed by atoms with Crippen molar-refractivity contribution in [2.24, 2.45) is 5.73 Å². The van der Waals surface area contributed by atoms with Gasteiger partial charge in [-0.2, -0.15) is 0 Å². The van der Waals surface area contributed by atoms with Gasteiger partial charge >= 0.3 is 11.9 Å². The molecule has 0 saturated carbocycles. The van der Waals surface area contributed by atoms with Gasteiger partial charge in [-0.25, -0.2) is 24.5 Å². The molecule has 1 atom stereocenters. The topological polar surface area (TPSA) is 254 Å². The van der Waals surface area contributed by atoms with Gasteiger partial charge in [0.05, 0.1) is 64.3 Å². The Kier molecular flexibility index (Phi) is 34.6. The highest BCUT2D eigenvalue weighted by Crippen LogP contribution is 2.28. The van der Waals surface area contributed by atoms with Crippen LogP contribution in [0.4, 0.5) is 0 Å². The van der Waals surface area contributed by atoms with Gasteiger partial charge in [0, 0.05) is 46.4 Å². The van der Waals surface area contributed by atoms with Gasteiger partial charge < -0.3 is 57.4 Å². The number of amides is 1. The highest BCUT2D eigenvalue weighted by molar-refractivity contribution is 6.40. The second-order valence-electron chi connectivity index (χ2n) is 21.2. The normalized spacial score (nSPS) is 13.2. The number of benzene rings is 4. The van der Waals surface area contributed by atoms with Crippen molar-refractivity contribution in [3.8, 4) is 57.4 Å². The van der Waals surface area contributed by atoms with Crippen LogP contribution in [0.1, 0.15) is 121 Å². The summed E-state index contributed by atoms with van der Waals surface area (Å²) < 4.78 is 48.1. The fourth-order valence-electron chi connectivity index (χ4n) is 8.98. The van der Waals surface area contributed by atoms with Crippen LogP contribution in [-0.2, 0) is 32.2 Å².